The zero-order chi connectivity index (χ0) is 14.1. The highest BCUT2D eigenvalue weighted by Crippen LogP contribution is 2.26. The summed E-state index contributed by atoms with van der Waals surface area (Å²) in [5.41, 5.74) is 2.86. The van der Waals surface area contributed by atoms with Gasteiger partial charge in [-0.3, -0.25) is 4.90 Å². The number of hydrogen-bond acceptors (Lipinski definition) is 4. The smallest absolute Gasteiger partial charge is 0.122 e. The number of fused-ring (bicyclic) bond motifs is 1. The summed E-state index contributed by atoms with van der Waals surface area (Å²) in [6.07, 6.45) is 2.25. The lowest BCUT2D eigenvalue weighted by Gasteiger charge is -2.43. The van der Waals surface area contributed by atoms with Gasteiger partial charge in [0.25, 0.3) is 0 Å². The summed E-state index contributed by atoms with van der Waals surface area (Å²) in [5.74, 6) is 1.10. The van der Waals surface area contributed by atoms with Crippen LogP contribution in [0, 0.1) is 0 Å². The predicted molar refractivity (Wildman–Crippen MR) is 84.0 cm³/mol. The molecule has 3 heterocycles. The average Bonchev–Trinajstić information content (AvgIpc) is 2.92. The van der Waals surface area contributed by atoms with E-state index in [1.807, 2.05) is 0 Å². The first-order valence-electron chi connectivity index (χ1n) is 8.30. The van der Waals surface area contributed by atoms with Gasteiger partial charge in [0.2, 0.25) is 0 Å². The molecule has 0 spiro atoms. The molecular formula is C17H25N3O. The van der Waals surface area contributed by atoms with Crippen LogP contribution in [0.1, 0.15) is 11.1 Å². The van der Waals surface area contributed by atoms with Crippen molar-refractivity contribution in [2.45, 2.75) is 18.9 Å². The number of ether oxygens (including phenoxy) is 1. The molecule has 0 amide bonds. The molecule has 2 fully saturated rings. The fourth-order valence-electron chi connectivity index (χ4n) is 3.57. The maximum Gasteiger partial charge on any atom is 0.122 e. The van der Waals surface area contributed by atoms with Gasteiger partial charge in [-0.1, -0.05) is 12.1 Å². The molecule has 3 aliphatic heterocycles. The average molecular weight is 287 g/mol. The van der Waals surface area contributed by atoms with Crippen molar-refractivity contribution < 1.29 is 4.74 Å². The Labute approximate surface area is 127 Å². The second kappa shape index (κ2) is 5.95. The first kappa shape index (κ1) is 13.6. The van der Waals surface area contributed by atoms with Crippen molar-refractivity contribution in [1.82, 2.24) is 15.1 Å². The van der Waals surface area contributed by atoms with Gasteiger partial charge in [-0.25, -0.2) is 0 Å². The van der Waals surface area contributed by atoms with E-state index >= 15 is 0 Å². The lowest BCUT2D eigenvalue weighted by molar-refractivity contribution is 0.0734. The van der Waals surface area contributed by atoms with Gasteiger partial charge >= 0.3 is 0 Å². The van der Waals surface area contributed by atoms with Crippen LogP contribution in [0.25, 0.3) is 0 Å². The Balaban J connectivity index is 1.26. The molecule has 3 aliphatic rings. The maximum atomic E-state index is 5.58. The van der Waals surface area contributed by atoms with E-state index < -0.39 is 0 Å². The SMILES string of the molecule is c1cc2c(cc1CCN1CCN(C3CNC3)CC1)CCO2. The second-order valence-electron chi connectivity index (χ2n) is 6.48. The molecule has 0 radical (unpaired) electrons. The number of nitrogens with zero attached hydrogens (tertiary/aromatic N) is 2. The summed E-state index contributed by atoms with van der Waals surface area (Å²) in [5, 5.41) is 3.37. The van der Waals surface area contributed by atoms with Gasteiger partial charge in [-0.05, 0) is 23.6 Å². The van der Waals surface area contributed by atoms with Crippen LogP contribution in [0.4, 0.5) is 0 Å². The summed E-state index contributed by atoms with van der Waals surface area (Å²) < 4.78 is 5.58. The minimum atomic E-state index is 0.809. The Morgan fingerprint density at radius 2 is 2.00 bits per heavy atom. The van der Waals surface area contributed by atoms with Crippen LogP contribution in [0.5, 0.6) is 5.75 Å². The number of benzene rings is 1. The minimum Gasteiger partial charge on any atom is -0.493 e. The molecule has 0 bridgehead atoms. The summed E-state index contributed by atoms with van der Waals surface area (Å²) in [4.78, 5) is 5.27. The van der Waals surface area contributed by atoms with E-state index in [0.717, 1.165) is 31.2 Å². The predicted octanol–water partition coefficient (Wildman–Crippen LogP) is 0.753. The highest BCUT2D eigenvalue weighted by atomic mass is 16.5. The number of rotatable bonds is 4. The fourth-order valence-corrected chi connectivity index (χ4v) is 3.57. The lowest BCUT2D eigenvalue weighted by Crippen LogP contribution is -2.61. The van der Waals surface area contributed by atoms with Gasteiger partial charge in [0.15, 0.2) is 0 Å². The first-order chi connectivity index (χ1) is 10.4. The molecule has 0 aliphatic carbocycles. The normalized spacial score (nSPS) is 23.6. The highest BCUT2D eigenvalue weighted by Gasteiger charge is 2.27. The quantitative estimate of drug-likeness (QED) is 0.884. The molecule has 4 rings (SSSR count). The van der Waals surface area contributed by atoms with E-state index in [1.54, 1.807) is 0 Å². The molecule has 21 heavy (non-hydrogen) atoms. The molecule has 0 saturated carbocycles. The van der Waals surface area contributed by atoms with Crippen LogP contribution >= 0.6 is 0 Å². The molecule has 114 valence electrons. The van der Waals surface area contributed by atoms with Gasteiger partial charge < -0.3 is 15.0 Å². The zero-order valence-electron chi connectivity index (χ0n) is 12.7. The second-order valence-corrected chi connectivity index (χ2v) is 6.48. The Kier molecular flexibility index (Phi) is 3.84. The lowest BCUT2D eigenvalue weighted by atomic mass is 10.1. The van der Waals surface area contributed by atoms with Gasteiger partial charge in [0, 0.05) is 58.3 Å². The summed E-state index contributed by atoms with van der Waals surface area (Å²) in [7, 11) is 0. The number of piperazine rings is 1. The minimum absolute atomic E-state index is 0.809. The maximum absolute atomic E-state index is 5.58. The Bertz CT molecular complexity index is 493. The van der Waals surface area contributed by atoms with E-state index in [9.17, 15) is 0 Å². The highest BCUT2D eigenvalue weighted by molar-refractivity contribution is 5.39. The van der Waals surface area contributed by atoms with Crippen LogP contribution < -0.4 is 10.1 Å². The van der Waals surface area contributed by atoms with Gasteiger partial charge in [-0.2, -0.15) is 0 Å². The van der Waals surface area contributed by atoms with Crippen LogP contribution in [0.15, 0.2) is 18.2 Å². The van der Waals surface area contributed by atoms with Crippen molar-refractivity contribution in [2.75, 3.05) is 52.4 Å². The molecule has 1 N–H and O–H groups in total. The van der Waals surface area contributed by atoms with Crippen molar-refractivity contribution in [1.29, 1.82) is 0 Å². The van der Waals surface area contributed by atoms with E-state index in [1.165, 1.54) is 56.9 Å². The monoisotopic (exact) mass is 287 g/mol. The molecule has 0 atom stereocenters. The molecule has 0 aromatic heterocycles. The standard InChI is InChI=1S/C17H25N3O/c1-2-17-15(4-10-21-17)11-14(1)3-5-19-6-8-20(9-7-19)16-12-18-13-16/h1-2,11,16,18H,3-10,12-13H2. The third-order valence-corrected chi connectivity index (χ3v) is 5.15. The van der Waals surface area contributed by atoms with Gasteiger partial charge in [0.1, 0.15) is 5.75 Å². The molecule has 4 heteroatoms. The molecular weight excluding hydrogens is 262 g/mol. The third kappa shape index (κ3) is 2.93. The third-order valence-electron chi connectivity index (χ3n) is 5.15. The van der Waals surface area contributed by atoms with Crippen LogP contribution in [-0.2, 0) is 12.8 Å². The topological polar surface area (TPSA) is 27.7 Å². The number of nitrogens with one attached hydrogen (secondary N) is 1. The Morgan fingerprint density at radius 1 is 1.14 bits per heavy atom. The van der Waals surface area contributed by atoms with Crippen molar-refractivity contribution in [3.8, 4) is 5.75 Å². The van der Waals surface area contributed by atoms with Crippen LogP contribution in [0.2, 0.25) is 0 Å². The molecule has 2 saturated heterocycles. The Morgan fingerprint density at radius 3 is 2.76 bits per heavy atom. The van der Waals surface area contributed by atoms with Crippen molar-refractivity contribution >= 4 is 0 Å². The summed E-state index contributed by atoms with van der Waals surface area (Å²) in [6.45, 7) is 9.37. The van der Waals surface area contributed by atoms with Crippen molar-refractivity contribution in [3.05, 3.63) is 29.3 Å². The number of hydrogen-bond donors (Lipinski definition) is 1. The van der Waals surface area contributed by atoms with Crippen molar-refractivity contribution in [2.24, 2.45) is 0 Å². The van der Waals surface area contributed by atoms with E-state index in [2.05, 4.69) is 33.3 Å². The van der Waals surface area contributed by atoms with Crippen LogP contribution in [-0.4, -0.2) is 68.3 Å². The molecule has 0 unspecified atom stereocenters. The molecule has 1 aromatic rings. The van der Waals surface area contributed by atoms with E-state index in [-0.39, 0.29) is 0 Å². The van der Waals surface area contributed by atoms with Crippen LogP contribution in [0.3, 0.4) is 0 Å². The summed E-state index contributed by atoms with van der Waals surface area (Å²) in [6, 6.07) is 7.54. The van der Waals surface area contributed by atoms with Gasteiger partial charge in [0.05, 0.1) is 6.61 Å². The summed E-state index contributed by atoms with van der Waals surface area (Å²) >= 11 is 0. The van der Waals surface area contributed by atoms with Crippen molar-refractivity contribution in [3.63, 3.8) is 0 Å². The van der Waals surface area contributed by atoms with E-state index in [0.29, 0.717) is 0 Å². The zero-order valence-corrected chi connectivity index (χ0v) is 12.7. The van der Waals surface area contributed by atoms with E-state index in [4.69, 9.17) is 4.74 Å². The Hall–Kier alpha value is -1.10. The molecule has 4 nitrogen and oxygen atoms in total. The largest absolute Gasteiger partial charge is 0.493 e. The molecule has 1 aromatic carbocycles. The first-order valence-corrected chi connectivity index (χ1v) is 8.30. The van der Waals surface area contributed by atoms with Gasteiger partial charge in [-0.15, -0.1) is 0 Å². The fraction of sp³-hybridized carbons (Fsp3) is 0.647.